The molecule has 4 heteroatoms. The Kier molecular flexibility index (Phi) is 2.80. The molecule has 14 heavy (non-hydrogen) atoms. The van der Waals surface area contributed by atoms with E-state index in [-0.39, 0.29) is 0 Å². The first-order valence-electron chi connectivity index (χ1n) is 5.05. The molecule has 0 radical (unpaired) electrons. The van der Waals surface area contributed by atoms with E-state index in [1.807, 2.05) is 10.8 Å². The maximum absolute atomic E-state index is 8.78. The molecule has 1 saturated heterocycles. The van der Waals surface area contributed by atoms with Crippen LogP contribution < -0.4 is 5.32 Å². The third kappa shape index (κ3) is 1.94. The minimum Gasteiger partial charge on any atom is -0.321 e. The lowest BCUT2D eigenvalue weighted by Crippen LogP contribution is -2.37. The van der Waals surface area contributed by atoms with Crippen molar-refractivity contribution in [1.82, 2.24) is 14.9 Å². The largest absolute Gasteiger partial charge is 0.321 e. The van der Waals surface area contributed by atoms with Gasteiger partial charge in [-0.3, -0.25) is 0 Å². The molecule has 74 valence electrons. The smallest absolute Gasteiger partial charge is 0.212 e. The SMILES string of the molecule is N#Cc1nccn1CC1CCCCN1. The molecule has 0 aromatic carbocycles. The summed E-state index contributed by atoms with van der Waals surface area (Å²) >= 11 is 0. The topological polar surface area (TPSA) is 53.6 Å². The third-order valence-electron chi connectivity index (χ3n) is 2.64. The van der Waals surface area contributed by atoms with Crippen molar-refractivity contribution in [3.05, 3.63) is 18.2 Å². The Bertz CT molecular complexity index is 330. The predicted octanol–water partition coefficient (Wildman–Crippen LogP) is 0.897. The Morgan fingerprint density at radius 2 is 2.57 bits per heavy atom. The molecule has 1 N–H and O–H groups in total. The van der Waals surface area contributed by atoms with Gasteiger partial charge in [0.2, 0.25) is 5.82 Å². The zero-order chi connectivity index (χ0) is 9.80. The molecule has 2 rings (SSSR count). The van der Waals surface area contributed by atoms with Crippen molar-refractivity contribution in [2.75, 3.05) is 6.54 Å². The van der Waals surface area contributed by atoms with Gasteiger partial charge in [-0.1, -0.05) is 6.42 Å². The molecule has 0 bridgehead atoms. The molecular weight excluding hydrogens is 176 g/mol. The number of rotatable bonds is 2. The lowest BCUT2D eigenvalue weighted by molar-refractivity contribution is 0.362. The van der Waals surface area contributed by atoms with Crippen LogP contribution in [0.25, 0.3) is 0 Å². The fraction of sp³-hybridized carbons (Fsp3) is 0.600. The molecule has 0 aliphatic carbocycles. The van der Waals surface area contributed by atoms with Crippen LogP contribution in [0, 0.1) is 11.3 Å². The molecule has 1 aromatic heterocycles. The molecule has 1 aliphatic rings. The third-order valence-corrected chi connectivity index (χ3v) is 2.64. The van der Waals surface area contributed by atoms with Gasteiger partial charge in [0.15, 0.2) is 0 Å². The highest BCUT2D eigenvalue weighted by atomic mass is 15.1. The summed E-state index contributed by atoms with van der Waals surface area (Å²) in [5.41, 5.74) is 0. The Labute approximate surface area is 83.6 Å². The molecule has 4 nitrogen and oxygen atoms in total. The summed E-state index contributed by atoms with van der Waals surface area (Å²) in [6.07, 6.45) is 7.30. The van der Waals surface area contributed by atoms with Crippen LogP contribution in [0.2, 0.25) is 0 Å². The number of hydrogen-bond acceptors (Lipinski definition) is 3. The fourth-order valence-corrected chi connectivity index (χ4v) is 1.89. The average Bonchev–Trinajstić information content (AvgIpc) is 2.67. The summed E-state index contributed by atoms with van der Waals surface area (Å²) in [4.78, 5) is 3.97. The van der Waals surface area contributed by atoms with Gasteiger partial charge in [0.05, 0.1) is 0 Å². The Morgan fingerprint density at radius 1 is 1.64 bits per heavy atom. The van der Waals surface area contributed by atoms with E-state index in [0.29, 0.717) is 11.9 Å². The predicted molar refractivity (Wildman–Crippen MR) is 52.6 cm³/mol. The quantitative estimate of drug-likeness (QED) is 0.753. The molecule has 1 atom stereocenters. The Balaban J connectivity index is 1.99. The van der Waals surface area contributed by atoms with E-state index < -0.39 is 0 Å². The molecule has 0 saturated carbocycles. The normalized spacial score (nSPS) is 21.8. The number of nitrogens with one attached hydrogen (secondary N) is 1. The molecule has 1 unspecified atom stereocenters. The van der Waals surface area contributed by atoms with E-state index in [1.54, 1.807) is 6.20 Å². The van der Waals surface area contributed by atoms with Crippen molar-refractivity contribution >= 4 is 0 Å². The van der Waals surface area contributed by atoms with Crippen LogP contribution in [0.5, 0.6) is 0 Å². The summed E-state index contributed by atoms with van der Waals surface area (Å²) in [6, 6.07) is 2.59. The maximum atomic E-state index is 8.78. The van der Waals surface area contributed by atoms with Gasteiger partial charge in [0, 0.05) is 25.0 Å². The van der Waals surface area contributed by atoms with Gasteiger partial charge >= 0.3 is 0 Å². The van der Waals surface area contributed by atoms with Gasteiger partial charge in [-0.25, -0.2) is 4.98 Å². The summed E-state index contributed by atoms with van der Waals surface area (Å²) in [6.45, 7) is 1.96. The molecular formula is C10H14N4. The zero-order valence-electron chi connectivity index (χ0n) is 8.11. The lowest BCUT2D eigenvalue weighted by Gasteiger charge is -2.23. The van der Waals surface area contributed by atoms with Crippen LogP contribution in [-0.2, 0) is 6.54 Å². The van der Waals surface area contributed by atoms with Crippen LogP contribution in [0.4, 0.5) is 0 Å². The molecule has 0 spiro atoms. The van der Waals surface area contributed by atoms with E-state index in [9.17, 15) is 0 Å². The van der Waals surface area contributed by atoms with E-state index in [2.05, 4.69) is 16.4 Å². The van der Waals surface area contributed by atoms with Crippen LogP contribution in [0.3, 0.4) is 0 Å². The number of piperidine rings is 1. The summed E-state index contributed by atoms with van der Waals surface area (Å²) < 4.78 is 1.92. The van der Waals surface area contributed by atoms with E-state index in [4.69, 9.17) is 5.26 Å². The van der Waals surface area contributed by atoms with Gasteiger partial charge in [-0.2, -0.15) is 5.26 Å². The van der Waals surface area contributed by atoms with Crippen LogP contribution in [0.15, 0.2) is 12.4 Å². The average molecular weight is 190 g/mol. The molecule has 1 fully saturated rings. The first-order chi connectivity index (χ1) is 6.90. The highest BCUT2D eigenvalue weighted by molar-refractivity contribution is 5.11. The van der Waals surface area contributed by atoms with Crippen LogP contribution >= 0.6 is 0 Å². The Morgan fingerprint density at radius 3 is 3.29 bits per heavy atom. The van der Waals surface area contributed by atoms with Crippen molar-refractivity contribution in [1.29, 1.82) is 5.26 Å². The lowest BCUT2D eigenvalue weighted by atomic mass is 10.1. The van der Waals surface area contributed by atoms with Gasteiger partial charge < -0.3 is 9.88 Å². The maximum Gasteiger partial charge on any atom is 0.212 e. The number of nitrogens with zero attached hydrogens (tertiary/aromatic N) is 3. The van der Waals surface area contributed by atoms with Gasteiger partial charge in [-0.05, 0) is 19.4 Å². The van der Waals surface area contributed by atoms with E-state index in [0.717, 1.165) is 13.1 Å². The van der Waals surface area contributed by atoms with Crippen molar-refractivity contribution in [3.8, 4) is 6.07 Å². The molecule has 1 aromatic rings. The second-order valence-electron chi connectivity index (χ2n) is 3.66. The number of hydrogen-bond donors (Lipinski definition) is 1. The minimum atomic E-state index is 0.505. The Hall–Kier alpha value is -1.34. The van der Waals surface area contributed by atoms with Crippen molar-refractivity contribution in [3.63, 3.8) is 0 Å². The van der Waals surface area contributed by atoms with Crippen molar-refractivity contribution in [2.45, 2.75) is 31.8 Å². The van der Waals surface area contributed by atoms with Gasteiger partial charge in [0.1, 0.15) is 6.07 Å². The second-order valence-corrected chi connectivity index (χ2v) is 3.66. The minimum absolute atomic E-state index is 0.505. The van der Waals surface area contributed by atoms with Gasteiger partial charge in [0.25, 0.3) is 0 Å². The zero-order valence-corrected chi connectivity index (χ0v) is 8.11. The standard InChI is InChI=1S/C10H14N4/c11-7-10-13-5-6-14(10)8-9-3-1-2-4-12-9/h5-6,9,12H,1-4,8H2. The van der Waals surface area contributed by atoms with E-state index in [1.165, 1.54) is 19.3 Å². The summed E-state index contributed by atoms with van der Waals surface area (Å²) in [5, 5.41) is 12.2. The fourth-order valence-electron chi connectivity index (χ4n) is 1.89. The summed E-state index contributed by atoms with van der Waals surface area (Å²) in [5.74, 6) is 0.511. The van der Waals surface area contributed by atoms with Crippen LogP contribution in [0.1, 0.15) is 25.1 Å². The number of nitriles is 1. The monoisotopic (exact) mass is 190 g/mol. The number of aromatic nitrogens is 2. The second kappa shape index (κ2) is 4.25. The highest BCUT2D eigenvalue weighted by Crippen LogP contribution is 2.09. The highest BCUT2D eigenvalue weighted by Gasteiger charge is 2.14. The van der Waals surface area contributed by atoms with Crippen molar-refractivity contribution in [2.24, 2.45) is 0 Å². The van der Waals surface area contributed by atoms with Crippen LogP contribution in [-0.4, -0.2) is 22.1 Å². The first-order valence-corrected chi connectivity index (χ1v) is 5.05. The molecule has 1 aliphatic heterocycles. The van der Waals surface area contributed by atoms with E-state index >= 15 is 0 Å². The van der Waals surface area contributed by atoms with Gasteiger partial charge in [-0.15, -0.1) is 0 Å². The molecule has 0 amide bonds. The number of imidazole rings is 1. The molecule has 2 heterocycles. The summed E-state index contributed by atoms with van der Waals surface area (Å²) in [7, 11) is 0. The first kappa shape index (κ1) is 9.22. The van der Waals surface area contributed by atoms with Crippen molar-refractivity contribution < 1.29 is 0 Å².